The van der Waals surface area contributed by atoms with E-state index >= 15 is 0 Å². The number of halogens is 1. The molecule has 19 heavy (non-hydrogen) atoms. The lowest BCUT2D eigenvalue weighted by atomic mass is 9.95. The number of rotatable bonds is 4. The van der Waals surface area contributed by atoms with Crippen LogP contribution in [-0.4, -0.2) is 26.6 Å². The molecule has 2 aromatic heterocycles. The molecule has 0 unspecified atom stereocenters. The Bertz CT molecular complexity index is 566. The van der Waals surface area contributed by atoms with E-state index in [0.717, 1.165) is 0 Å². The summed E-state index contributed by atoms with van der Waals surface area (Å²) in [6.45, 7) is 3.58. The Morgan fingerprint density at radius 3 is 2.84 bits per heavy atom. The molecular formula is C13H15ClN4O. The number of carbonyl (C=O) groups excluding carboxylic acids is 1. The van der Waals surface area contributed by atoms with Crippen LogP contribution < -0.4 is 5.32 Å². The maximum atomic E-state index is 12.1. The van der Waals surface area contributed by atoms with Gasteiger partial charge in [0.15, 0.2) is 5.82 Å². The minimum Gasteiger partial charge on any atom is -0.322 e. The first-order chi connectivity index (χ1) is 9.04. The molecule has 0 bridgehead atoms. The summed E-state index contributed by atoms with van der Waals surface area (Å²) in [5.74, 6) is 0.672. The monoisotopic (exact) mass is 278 g/mol. The first-order valence-electron chi connectivity index (χ1n) is 5.87. The van der Waals surface area contributed by atoms with Crippen molar-refractivity contribution >= 4 is 23.2 Å². The van der Waals surface area contributed by atoms with Crippen molar-refractivity contribution in [3.05, 3.63) is 36.8 Å². The highest BCUT2D eigenvalue weighted by molar-refractivity contribution is 6.20. The fourth-order valence-electron chi connectivity index (χ4n) is 1.42. The van der Waals surface area contributed by atoms with Crippen LogP contribution in [0.5, 0.6) is 0 Å². The Morgan fingerprint density at radius 1 is 1.42 bits per heavy atom. The highest BCUT2D eigenvalue weighted by Gasteiger charge is 2.27. The Balaban J connectivity index is 2.29. The molecule has 2 rings (SSSR count). The summed E-state index contributed by atoms with van der Waals surface area (Å²) in [5, 5.41) is 6.96. The van der Waals surface area contributed by atoms with Crippen LogP contribution in [0.15, 0.2) is 36.8 Å². The van der Waals surface area contributed by atoms with Crippen molar-refractivity contribution in [1.82, 2.24) is 14.8 Å². The smallest absolute Gasteiger partial charge is 0.231 e. The van der Waals surface area contributed by atoms with Crippen molar-refractivity contribution in [1.29, 1.82) is 0 Å². The molecule has 0 aliphatic rings. The van der Waals surface area contributed by atoms with Crippen molar-refractivity contribution in [3.8, 4) is 5.82 Å². The summed E-state index contributed by atoms with van der Waals surface area (Å²) < 4.78 is 1.60. The number of alkyl halides is 1. The van der Waals surface area contributed by atoms with Gasteiger partial charge in [-0.25, -0.2) is 9.67 Å². The topological polar surface area (TPSA) is 59.8 Å². The molecule has 100 valence electrons. The summed E-state index contributed by atoms with van der Waals surface area (Å²) >= 11 is 5.80. The highest BCUT2D eigenvalue weighted by atomic mass is 35.5. The van der Waals surface area contributed by atoms with Gasteiger partial charge in [-0.3, -0.25) is 4.79 Å². The van der Waals surface area contributed by atoms with E-state index in [1.807, 2.05) is 0 Å². The van der Waals surface area contributed by atoms with Gasteiger partial charge in [0.05, 0.1) is 11.1 Å². The van der Waals surface area contributed by atoms with Gasteiger partial charge in [-0.05, 0) is 32.0 Å². The predicted molar refractivity (Wildman–Crippen MR) is 74.5 cm³/mol. The fourth-order valence-corrected chi connectivity index (χ4v) is 1.54. The van der Waals surface area contributed by atoms with Crippen LogP contribution in [0, 0.1) is 5.41 Å². The Labute approximate surface area is 116 Å². The van der Waals surface area contributed by atoms with Crippen LogP contribution in [0.3, 0.4) is 0 Å². The molecule has 2 heterocycles. The summed E-state index contributed by atoms with van der Waals surface area (Å²) in [7, 11) is 0. The highest BCUT2D eigenvalue weighted by Crippen LogP contribution is 2.22. The third kappa shape index (κ3) is 2.93. The van der Waals surface area contributed by atoms with Crippen molar-refractivity contribution in [2.75, 3.05) is 11.2 Å². The average Bonchev–Trinajstić information content (AvgIpc) is 2.93. The van der Waals surface area contributed by atoms with Crippen LogP contribution in [-0.2, 0) is 4.79 Å². The SMILES string of the molecule is CC(C)(CCl)C(=O)Nc1cccnc1-n1cccn1. The number of carbonyl (C=O) groups is 1. The van der Waals surface area contributed by atoms with Gasteiger partial charge in [0.1, 0.15) is 0 Å². The van der Waals surface area contributed by atoms with E-state index in [0.29, 0.717) is 11.5 Å². The van der Waals surface area contributed by atoms with Crippen molar-refractivity contribution in [3.63, 3.8) is 0 Å². The molecule has 0 spiro atoms. The number of hydrogen-bond donors (Lipinski definition) is 1. The maximum Gasteiger partial charge on any atom is 0.231 e. The van der Waals surface area contributed by atoms with Gasteiger partial charge < -0.3 is 5.32 Å². The summed E-state index contributed by atoms with van der Waals surface area (Å²) in [6, 6.07) is 5.34. The number of hydrogen-bond acceptors (Lipinski definition) is 3. The molecule has 1 N–H and O–H groups in total. The van der Waals surface area contributed by atoms with E-state index < -0.39 is 5.41 Å². The van der Waals surface area contributed by atoms with Crippen molar-refractivity contribution < 1.29 is 4.79 Å². The number of nitrogens with zero attached hydrogens (tertiary/aromatic N) is 3. The lowest BCUT2D eigenvalue weighted by Gasteiger charge is -2.21. The van der Waals surface area contributed by atoms with Gasteiger partial charge >= 0.3 is 0 Å². The molecule has 0 saturated carbocycles. The van der Waals surface area contributed by atoms with Crippen LogP contribution in [0.4, 0.5) is 5.69 Å². The summed E-state index contributed by atoms with van der Waals surface area (Å²) in [4.78, 5) is 16.4. The Morgan fingerprint density at radius 2 is 2.21 bits per heavy atom. The molecule has 0 atom stereocenters. The zero-order chi connectivity index (χ0) is 13.9. The first-order valence-corrected chi connectivity index (χ1v) is 6.40. The van der Waals surface area contributed by atoms with Gasteiger partial charge in [0.2, 0.25) is 5.91 Å². The van der Waals surface area contributed by atoms with Crippen LogP contribution in [0.1, 0.15) is 13.8 Å². The van der Waals surface area contributed by atoms with E-state index in [1.165, 1.54) is 0 Å². The number of aromatic nitrogens is 3. The number of amides is 1. The first kappa shape index (κ1) is 13.5. The molecule has 2 aromatic rings. The molecule has 0 radical (unpaired) electrons. The minimum atomic E-state index is -0.640. The second-order valence-corrected chi connectivity index (χ2v) is 5.06. The second kappa shape index (κ2) is 5.40. The zero-order valence-corrected chi connectivity index (χ0v) is 11.6. The summed E-state index contributed by atoms with van der Waals surface area (Å²) in [5.41, 5.74) is -0.0342. The van der Waals surface area contributed by atoms with Gasteiger partial charge in [0.25, 0.3) is 0 Å². The van der Waals surface area contributed by atoms with Gasteiger partial charge in [-0.1, -0.05) is 0 Å². The molecule has 1 amide bonds. The van der Waals surface area contributed by atoms with Crippen LogP contribution >= 0.6 is 11.6 Å². The molecule has 6 heteroatoms. The normalized spacial score (nSPS) is 11.3. The van der Waals surface area contributed by atoms with Gasteiger partial charge in [-0.15, -0.1) is 11.6 Å². The molecule has 0 aliphatic heterocycles. The van der Waals surface area contributed by atoms with Crippen LogP contribution in [0.25, 0.3) is 5.82 Å². The second-order valence-electron chi connectivity index (χ2n) is 4.80. The lowest BCUT2D eigenvalue weighted by molar-refractivity contribution is -0.122. The van der Waals surface area contributed by atoms with Crippen molar-refractivity contribution in [2.24, 2.45) is 5.41 Å². The number of anilines is 1. The third-order valence-electron chi connectivity index (χ3n) is 2.71. The number of nitrogens with one attached hydrogen (secondary N) is 1. The maximum absolute atomic E-state index is 12.1. The lowest BCUT2D eigenvalue weighted by Crippen LogP contribution is -2.32. The fraction of sp³-hybridized carbons (Fsp3) is 0.308. The van der Waals surface area contributed by atoms with E-state index in [-0.39, 0.29) is 11.8 Å². The summed E-state index contributed by atoms with van der Waals surface area (Å²) in [6.07, 6.45) is 5.08. The van der Waals surface area contributed by atoms with E-state index in [2.05, 4.69) is 15.4 Å². The van der Waals surface area contributed by atoms with E-state index in [1.54, 1.807) is 55.3 Å². The molecule has 0 aromatic carbocycles. The average molecular weight is 279 g/mol. The molecule has 0 fully saturated rings. The van der Waals surface area contributed by atoms with E-state index in [9.17, 15) is 4.79 Å². The largest absolute Gasteiger partial charge is 0.322 e. The molecule has 0 aliphatic carbocycles. The zero-order valence-electron chi connectivity index (χ0n) is 10.8. The van der Waals surface area contributed by atoms with Gasteiger partial charge in [-0.2, -0.15) is 5.10 Å². The van der Waals surface area contributed by atoms with E-state index in [4.69, 9.17) is 11.6 Å². The standard InChI is InChI=1S/C13H15ClN4O/c1-13(2,9-14)12(19)17-10-5-3-6-15-11(10)18-8-4-7-16-18/h3-8H,9H2,1-2H3,(H,17,19). The van der Waals surface area contributed by atoms with Crippen LogP contribution in [0.2, 0.25) is 0 Å². The minimum absolute atomic E-state index is 0.149. The molecule has 0 saturated heterocycles. The Hall–Kier alpha value is -1.88. The Kier molecular flexibility index (Phi) is 3.85. The number of pyridine rings is 1. The molecule has 5 nitrogen and oxygen atoms in total. The third-order valence-corrected chi connectivity index (χ3v) is 3.37. The molecular weight excluding hydrogens is 264 g/mol. The predicted octanol–water partition coefficient (Wildman–Crippen LogP) is 2.47. The van der Waals surface area contributed by atoms with Crippen molar-refractivity contribution in [2.45, 2.75) is 13.8 Å². The van der Waals surface area contributed by atoms with Gasteiger partial charge in [0, 0.05) is 24.5 Å². The quantitative estimate of drug-likeness (QED) is 0.874.